The second kappa shape index (κ2) is 42.0. The lowest BCUT2D eigenvalue weighted by Crippen LogP contribution is -2.37. The third-order valence-electron chi connectivity index (χ3n) is 10.0. The molecule has 0 fully saturated rings. The van der Waals surface area contributed by atoms with Crippen LogP contribution in [0.5, 0.6) is 0 Å². The summed E-state index contributed by atoms with van der Waals surface area (Å²) in [6, 6.07) is 0. The van der Waals surface area contributed by atoms with Crippen LogP contribution < -0.4 is 4.89 Å². The average Bonchev–Trinajstić information content (AvgIpc) is 3.20. The van der Waals surface area contributed by atoms with Crippen LogP contribution in [-0.2, 0) is 32.7 Å². The summed E-state index contributed by atoms with van der Waals surface area (Å²) in [5, 5.41) is 0. The van der Waals surface area contributed by atoms with Gasteiger partial charge in [-0.15, -0.1) is 0 Å². The summed E-state index contributed by atoms with van der Waals surface area (Å²) in [5.41, 5.74) is 0. The molecule has 0 bridgehead atoms. The number of phosphoric acid groups is 1. The normalized spacial score (nSPS) is 14.0. The minimum atomic E-state index is -4.64. The fourth-order valence-electron chi connectivity index (χ4n) is 6.31. The van der Waals surface area contributed by atoms with Crippen LogP contribution >= 0.6 is 7.82 Å². The molecule has 0 heterocycles. The minimum Gasteiger partial charge on any atom is -0.756 e. The quantitative estimate of drug-likeness (QED) is 0.0196. The van der Waals surface area contributed by atoms with Gasteiger partial charge in [-0.1, -0.05) is 177 Å². The van der Waals surface area contributed by atoms with Gasteiger partial charge in [0.15, 0.2) is 6.10 Å². The zero-order valence-electron chi connectivity index (χ0n) is 39.1. The molecule has 0 aliphatic carbocycles. The third-order valence-corrected chi connectivity index (χ3v) is 11.0. The molecule has 2 atom stereocenters. The van der Waals surface area contributed by atoms with Crippen LogP contribution in [0.4, 0.5) is 0 Å². The van der Waals surface area contributed by atoms with E-state index in [1.165, 1.54) is 109 Å². The fraction of sp³-hybridized carbons (Fsp3) is 0.760. The zero-order chi connectivity index (χ0) is 44.3. The minimum absolute atomic E-state index is 0.0416. The van der Waals surface area contributed by atoms with Crippen molar-refractivity contribution in [3.05, 3.63) is 60.8 Å². The third kappa shape index (κ3) is 45.2. The number of esters is 2. The molecule has 9 nitrogen and oxygen atoms in total. The van der Waals surface area contributed by atoms with E-state index < -0.39 is 32.5 Å². The Morgan fingerprint density at radius 2 is 0.983 bits per heavy atom. The molecule has 0 spiro atoms. The Hall–Kier alpha value is -2.29. The Labute approximate surface area is 368 Å². The molecule has 0 saturated carbocycles. The summed E-state index contributed by atoms with van der Waals surface area (Å²) < 4.78 is 33.9. The summed E-state index contributed by atoms with van der Waals surface area (Å²) in [6.07, 6.45) is 51.3. The SMILES string of the molecule is CC/C=C/C/C=C/C/C=C/CCCCCCCCCCCCCCCC(=O)OCC(COP(=O)([O-])OCC[N+](C)(C)C)OC(=O)CC/C=C/C/C=C/CCCCCCCC. The molecule has 0 aliphatic heterocycles. The van der Waals surface area contributed by atoms with E-state index in [-0.39, 0.29) is 26.1 Å². The van der Waals surface area contributed by atoms with Gasteiger partial charge < -0.3 is 27.9 Å². The van der Waals surface area contributed by atoms with Gasteiger partial charge in [-0.05, 0) is 64.2 Å². The van der Waals surface area contributed by atoms with Crippen LogP contribution in [0.25, 0.3) is 0 Å². The highest BCUT2D eigenvalue weighted by Crippen LogP contribution is 2.38. The number of carbonyl (C=O) groups excluding carboxylic acids is 2. The van der Waals surface area contributed by atoms with Gasteiger partial charge in [-0.3, -0.25) is 14.2 Å². The molecule has 0 radical (unpaired) electrons. The van der Waals surface area contributed by atoms with Gasteiger partial charge in [0.05, 0.1) is 27.7 Å². The molecule has 348 valence electrons. The van der Waals surface area contributed by atoms with Crippen molar-refractivity contribution in [1.29, 1.82) is 0 Å². The van der Waals surface area contributed by atoms with Gasteiger partial charge in [0, 0.05) is 12.8 Å². The van der Waals surface area contributed by atoms with Crippen molar-refractivity contribution in [2.24, 2.45) is 0 Å². The number of likely N-dealkylation sites (N-methyl/N-ethyl adjacent to an activating group) is 1. The largest absolute Gasteiger partial charge is 0.756 e. The molecule has 0 rings (SSSR count). The highest BCUT2D eigenvalue weighted by Gasteiger charge is 2.21. The first-order valence-electron chi connectivity index (χ1n) is 24.0. The lowest BCUT2D eigenvalue weighted by molar-refractivity contribution is -0.870. The molecule has 0 N–H and O–H groups in total. The van der Waals surface area contributed by atoms with Crippen molar-refractivity contribution < 1.29 is 42.1 Å². The van der Waals surface area contributed by atoms with E-state index in [4.69, 9.17) is 18.5 Å². The molecular weight excluding hydrogens is 774 g/mol. The number of unbranched alkanes of at least 4 members (excludes halogenated alkanes) is 19. The average molecular weight is 864 g/mol. The van der Waals surface area contributed by atoms with E-state index in [9.17, 15) is 19.0 Å². The molecule has 0 aromatic rings. The molecule has 10 heteroatoms. The zero-order valence-corrected chi connectivity index (χ0v) is 40.0. The van der Waals surface area contributed by atoms with Crippen molar-refractivity contribution in [1.82, 2.24) is 0 Å². The topological polar surface area (TPSA) is 111 Å². The van der Waals surface area contributed by atoms with E-state index in [2.05, 4.69) is 62.5 Å². The van der Waals surface area contributed by atoms with E-state index in [1.54, 1.807) is 0 Å². The Morgan fingerprint density at radius 1 is 0.533 bits per heavy atom. The van der Waals surface area contributed by atoms with E-state index in [0.29, 0.717) is 17.4 Å². The Kier molecular flexibility index (Phi) is 40.4. The first kappa shape index (κ1) is 57.7. The van der Waals surface area contributed by atoms with Gasteiger partial charge in [-0.2, -0.15) is 0 Å². The van der Waals surface area contributed by atoms with E-state index in [1.807, 2.05) is 33.3 Å². The number of rotatable bonds is 43. The molecule has 0 amide bonds. The van der Waals surface area contributed by atoms with Crippen LogP contribution in [0.1, 0.15) is 194 Å². The number of ether oxygens (including phenoxy) is 2. The van der Waals surface area contributed by atoms with Gasteiger partial charge in [0.1, 0.15) is 19.8 Å². The summed E-state index contributed by atoms with van der Waals surface area (Å²) >= 11 is 0. The highest BCUT2D eigenvalue weighted by atomic mass is 31.2. The van der Waals surface area contributed by atoms with Crippen LogP contribution in [0.3, 0.4) is 0 Å². The van der Waals surface area contributed by atoms with Gasteiger partial charge in [0.25, 0.3) is 7.82 Å². The van der Waals surface area contributed by atoms with Crippen molar-refractivity contribution in [2.75, 3.05) is 47.5 Å². The van der Waals surface area contributed by atoms with E-state index in [0.717, 1.165) is 51.4 Å². The number of quaternary nitrogens is 1. The van der Waals surface area contributed by atoms with Crippen molar-refractivity contribution >= 4 is 19.8 Å². The molecular formula is C50H90NO8P. The standard InChI is InChI=1S/C50H90NO8P/c1-6-8-10-12-14-16-18-20-21-22-23-24-25-26-27-28-29-31-32-34-36-38-40-42-49(52)56-46-48(47-58-60(54,55)57-45-44-51(3,4)5)59-50(53)43-41-39-37-35-33-30-19-17-15-13-11-9-7-2/h8,10,14,16,20-21,30,33,37,39,48H,6-7,9,11-13,15,17-19,22-29,31-32,34-36,38,40-47H2,1-5H3/b10-8+,16-14+,21-20+,33-30+,39-37+. The maximum absolute atomic E-state index is 12.6. The lowest BCUT2D eigenvalue weighted by Gasteiger charge is -2.28. The lowest BCUT2D eigenvalue weighted by atomic mass is 10.0. The fourth-order valence-corrected chi connectivity index (χ4v) is 7.04. The van der Waals surface area contributed by atoms with Gasteiger partial charge >= 0.3 is 11.9 Å². The Morgan fingerprint density at radius 3 is 1.48 bits per heavy atom. The molecule has 2 unspecified atom stereocenters. The summed E-state index contributed by atoms with van der Waals surface area (Å²) in [7, 11) is 1.13. The number of phosphoric ester groups is 1. The summed E-state index contributed by atoms with van der Waals surface area (Å²) in [5.74, 6) is -0.914. The predicted octanol–water partition coefficient (Wildman–Crippen LogP) is 13.4. The number of hydrogen-bond donors (Lipinski definition) is 0. The molecule has 0 aromatic heterocycles. The molecule has 0 saturated heterocycles. The summed E-state index contributed by atoms with van der Waals surface area (Å²) in [4.78, 5) is 37.5. The first-order chi connectivity index (χ1) is 29.0. The van der Waals surface area contributed by atoms with Crippen molar-refractivity contribution in [3.8, 4) is 0 Å². The van der Waals surface area contributed by atoms with Gasteiger partial charge in [0.2, 0.25) is 0 Å². The second-order valence-electron chi connectivity index (χ2n) is 17.1. The second-order valence-corrected chi connectivity index (χ2v) is 18.5. The van der Waals surface area contributed by atoms with E-state index >= 15 is 0 Å². The molecule has 60 heavy (non-hydrogen) atoms. The summed E-state index contributed by atoms with van der Waals surface area (Å²) in [6.45, 7) is 4.04. The number of carbonyl (C=O) groups is 2. The molecule has 0 aromatic carbocycles. The molecule has 0 aliphatic rings. The van der Waals surface area contributed by atoms with Crippen LogP contribution in [-0.4, -0.2) is 70.0 Å². The monoisotopic (exact) mass is 864 g/mol. The predicted molar refractivity (Wildman–Crippen MR) is 250 cm³/mol. The van der Waals surface area contributed by atoms with Crippen LogP contribution in [0.15, 0.2) is 60.8 Å². The van der Waals surface area contributed by atoms with Gasteiger partial charge in [-0.25, -0.2) is 0 Å². The van der Waals surface area contributed by atoms with Crippen molar-refractivity contribution in [2.45, 2.75) is 200 Å². The Bertz CT molecular complexity index is 1210. The number of hydrogen-bond acceptors (Lipinski definition) is 8. The smallest absolute Gasteiger partial charge is 0.306 e. The number of nitrogens with zero attached hydrogens (tertiary/aromatic N) is 1. The highest BCUT2D eigenvalue weighted by molar-refractivity contribution is 7.45. The van der Waals surface area contributed by atoms with Crippen LogP contribution in [0.2, 0.25) is 0 Å². The Balaban J connectivity index is 4.26. The number of allylic oxidation sites excluding steroid dienone is 10. The van der Waals surface area contributed by atoms with Crippen LogP contribution in [0, 0.1) is 0 Å². The first-order valence-corrected chi connectivity index (χ1v) is 25.5. The maximum Gasteiger partial charge on any atom is 0.306 e. The maximum atomic E-state index is 12.6. The van der Waals surface area contributed by atoms with Crippen molar-refractivity contribution in [3.63, 3.8) is 0 Å².